The number of likely N-dealkylation sites (tertiary alicyclic amines) is 1. The quantitative estimate of drug-likeness (QED) is 0.879. The number of carbonyl (C=O) groups is 2. The number of nitrogens with zero attached hydrogens (tertiary/aromatic N) is 3. The van der Waals surface area contributed by atoms with Crippen molar-refractivity contribution in [3.63, 3.8) is 0 Å². The van der Waals surface area contributed by atoms with Crippen LogP contribution in [0.15, 0.2) is 6.20 Å². The van der Waals surface area contributed by atoms with Crippen LogP contribution in [0, 0.1) is 5.92 Å². The van der Waals surface area contributed by atoms with Crippen LogP contribution >= 0.6 is 0 Å². The van der Waals surface area contributed by atoms with Gasteiger partial charge in [-0.2, -0.15) is 15.4 Å². The Labute approximate surface area is 136 Å². The van der Waals surface area contributed by atoms with Crippen LogP contribution in [-0.4, -0.2) is 57.0 Å². The van der Waals surface area contributed by atoms with Crippen molar-refractivity contribution in [3.05, 3.63) is 11.9 Å². The Kier molecular flexibility index (Phi) is 5.23. The number of piperidine rings is 1. The third-order valence-corrected chi connectivity index (χ3v) is 3.91. The second kappa shape index (κ2) is 6.97. The number of ether oxygens (including phenoxy) is 1. The van der Waals surface area contributed by atoms with Gasteiger partial charge in [0.15, 0.2) is 5.69 Å². The van der Waals surface area contributed by atoms with Gasteiger partial charge in [-0.05, 0) is 46.5 Å². The standard InChI is InChI=1S/C15H25N5O3/c1-10(17-14(22)23-15(2,3)4)11-5-7-20(8-6-11)13(21)12-9-16-19-18-12/h9-11H,5-8H2,1-4H3,(H,17,22)(H,16,18,19). The first kappa shape index (κ1) is 17.2. The molecule has 0 spiro atoms. The first-order valence-electron chi connectivity index (χ1n) is 7.91. The molecule has 0 radical (unpaired) electrons. The Morgan fingerprint density at radius 2 is 2.04 bits per heavy atom. The molecule has 2 N–H and O–H groups in total. The number of amides is 2. The molecule has 0 saturated carbocycles. The van der Waals surface area contributed by atoms with Crippen molar-refractivity contribution in [2.45, 2.75) is 52.2 Å². The van der Waals surface area contributed by atoms with Gasteiger partial charge in [-0.1, -0.05) is 0 Å². The van der Waals surface area contributed by atoms with Crippen LogP contribution in [0.4, 0.5) is 4.79 Å². The zero-order chi connectivity index (χ0) is 17.0. The second-order valence-electron chi connectivity index (χ2n) is 6.92. The van der Waals surface area contributed by atoms with Crippen LogP contribution in [0.25, 0.3) is 0 Å². The number of aromatic nitrogens is 3. The molecule has 2 rings (SSSR count). The van der Waals surface area contributed by atoms with Crippen molar-refractivity contribution in [2.24, 2.45) is 5.92 Å². The summed E-state index contributed by atoms with van der Waals surface area (Å²) in [6.45, 7) is 8.79. The van der Waals surface area contributed by atoms with E-state index in [-0.39, 0.29) is 11.9 Å². The second-order valence-corrected chi connectivity index (χ2v) is 6.92. The number of hydrogen-bond donors (Lipinski definition) is 2. The normalized spacial score (nSPS) is 17.7. The van der Waals surface area contributed by atoms with Crippen molar-refractivity contribution in [3.8, 4) is 0 Å². The molecule has 0 aliphatic carbocycles. The average Bonchev–Trinajstić information content (AvgIpc) is 2.98. The van der Waals surface area contributed by atoms with E-state index in [4.69, 9.17) is 4.74 Å². The average molecular weight is 323 g/mol. The summed E-state index contributed by atoms with van der Waals surface area (Å²) < 4.78 is 5.27. The summed E-state index contributed by atoms with van der Waals surface area (Å²) in [5.74, 6) is 0.217. The molecule has 0 bridgehead atoms. The van der Waals surface area contributed by atoms with Crippen molar-refractivity contribution in [1.29, 1.82) is 0 Å². The molecule has 1 aliphatic heterocycles. The minimum Gasteiger partial charge on any atom is -0.444 e. The van der Waals surface area contributed by atoms with Crippen LogP contribution in [0.2, 0.25) is 0 Å². The van der Waals surface area contributed by atoms with Crippen molar-refractivity contribution >= 4 is 12.0 Å². The lowest BCUT2D eigenvalue weighted by Crippen LogP contribution is -2.46. The largest absolute Gasteiger partial charge is 0.444 e. The molecule has 1 saturated heterocycles. The van der Waals surface area contributed by atoms with Gasteiger partial charge in [-0.15, -0.1) is 0 Å². The van der Waals surface area contributed by atoms with E-state index in [1.165, 1.54) is 6.20 Å². The highest BCUT2D eigenvalue weighted by atomic mass is 16.6. The fourth-order valence-corrected chi connectivity index (χ4v) is 2.68. The fourth-order valence-electron chi connectivity index (χ4n) is 2.68. The predicted octanol–water partition coefficient (Wildman–Crippen LogP) is 1.57. The highest BCUT2D eigenvalue weighted by molar-refractivity contribution is 5.91. The minimum absolute atomic E-state index is 0.00847. The van der Waals surface area contributed by atoms with Gasteiger partial charge in [0.1, 0.15) is 5.60 Å². The lowest BCUT2D eigenvalue weighted by Gasteiger charge is -2.35. The SMILES string of the molecule is CC(NC(=O)OC(C)(C)C)C1CCN(C(=O)c2cn[nH]n2)CC1. The molecule has 23 heavy (non-hydrogen) atoms. The molecule has 8 nitrogen and oxygen atoms in total. The topological polar surface area (TPSA) is 100 Å². The highest BCUT2D eigenvalue weighted by Crippen LogP contribution is 2.22. The van der Waals surface area contributed by atoms with E-state index in [0.717, 1.165) is 12.8 Å². The Morgan fingerprint density at radius 3 is 2.57 bits per heavy atom. The smallest absolute Gasteiger partial charge is 0.407 e. The Bertz CT molecular complexity index is 530. The molecule has 8 heteroatoms. The van der Waals surface area contributed by atoms with E-state index >= 15 is 0 Å². The third-order valence-electron chi connectivity index (χ3n) is 3.91. The minimum atomic E-state index is -0.503. The molecule has 1 fully saturated rings. The van der Waals surface area contributed by atoms with E-state index in [1.807, 2.05) is 27.7 Å². The molecule has 0 aromatic carbocycles. The lowest BCUT2D eigenvalue weighted by atomic mass is 9.90. The maximum absolute atomic E-state index is 12.2. The number of rotatable bonds is 3. The summed E-state index contributed by atoms with van der Waals surface area (Å²) in [6, 6.07) is 0.00847. The highest BCUT2D eigenvalue weighted by Gasteiger charge is 2.29. The zero-order valence-electron chi connectivity index (χ0n) is 14.1. The fraction of sp³-hybridized carbons (Fsp3) is 0.733. The van der Waals surface area contributed by atoms with Gasteiger partial charge < -0.3 is 15.0 Å². The number of nitrogens with one attached hydrogen (secondary N) is 2. The predicted molar refractivity (Wildman–Crippen MR) is 83.8 cm³/mol. The monoisotopic (exact) mass is 323 g/mol. The van der Waals surface area contributed by atoms with E-state index in [1.54, 1.807) is 4.90 Å². The Hall–Kier alpha value is -2.12. The van der Waals surface area contributed by atoms with Crippen LogP contribution in [0.1, 0.15) is 51.0 Å². The lowest BCUT2D eigenvalue weighted by molar-refractivity contribution is 0.0460. The summed E-state index contributed by atoms with van der Waals surface area (Å²) in [7, 11) is 0. The van der Waals surface area contributed by atoms with Gasteiger partial charge in [0.25, 0.3) is 5.91 Å². The molecule has 128 valence electrons. The molecule has 1 aromatic rings. The molecular weight excluding hydrogens is 298 g/mol. The molecule has 1 aromatic heterocycles. The Balaban J connectivity index is 1.79. The van der Waals surface area contributed by atoms with Crippen LogP contribution in [-0.2, 0) is 4.74 Å². The summed E-state index contributed by atoms with van der Waals surface area (Å²) >= 11 is 0. The van der Waals surface area contributed by atoms with Gasteiger partial charge in [0, 0.05) is 19.1 Å². The molecule has 1 aliphatic rings. The zero-order valence-corrected chi connectivity index (χ0v) is 14.1. The van der Waals surface area contributed by atoms with Crippen molar-refractivity contribution in [2.75, 3.05) is 13.1 Å². The number of hydrogen-bond acceptors (Lipinski definition) is 5. The first-order valence-corrected chi connectivity index (χ1v) is 7.91. The summed E-state index contributed by atoms with van der Waals surface area (Å²) in [6.07, 6.45) is 2.70. The summed E-state index contributed by atoms with van der Waals surface area (Å²) in [5.41, 5.74) is -0.166. The maximum atomic E-state index is 12.2. The van der Waals surface area contributed by atoms with E-state index in [2.05, 4.69) is 20.7 Å². The molecular formula is C15H25N5O3. The summed E-state index contributed by atoms with van der Waals surface area (Å²) in [5, 5.41) is 12.8. The van der Waals surface area contributed by atoms with E-state index in [9.17, 15) is 9.59 Å². The number of alkyl carbamates (subject to hydrolysis) is 1. The maximum Gasteiger partial charge on any atom is 0.407 e. The number of aromatic amines is 1. The third kappa shape index (κ3) is 4.94. The Morgan fingerprint density at radius 1 is 1.39 bits per heavy atom. The van der Waals surface area contributed by atoms with Gasteiger partial charge in [0.2, 0.25) is 0 Å². The number of carbonyl (C=O) groups excluding carboxylic acids is 2. The van der Waals surface area contributed by atoms with Crippen LogP contribution in [0.3, 0.4) is 0 Å². The van der Waals surface area contributed by atoms with Gasteiger partial charge in [0.05, 0.1) is 6.20 Å². The van der Waals surface area contributed by atoms with Crippen molar-refractivity contribution < 1.29 is 14.3 Å². The van der Waals surface area contributed by atoms with E-state index in [0.29, 0.717) is 24.7 Å². The van der Waals surface area contributed by atoms with Crippen LogP contribution < -0.4 is 5.32 Å². The summed E-state index contributed by atoms with van der Waals surface area (Å²) in [4.78, 5) is 25.8. The molecule has 1 unspecified atom stereocenters. The molecule has 2 amide bonds. The number of H-pyrrole nitrogens is 1. The van der Waals surface area contributed by atoms with E-state index < -0.39 is 11.7 Å². The van der Waals surface area contributed by atoms with Crippen molar-refractivity contribution in [1.82, 2.24) is 25.6 Å². The molecule has 2 heterocycles. The van der Waals surface area contributed by atoms with Gasteiger partial charge in [-0.25, -0.2) is 4.79 Å². The van der Waals surface area contributed by atoms with Gasteiger partial charge in [-0.3, -0.25) is 4.79 Å². The first-order chi connectivity index (χ1) is 10.8. The van der Waals surface area contributed by atoms with Crippen LogP contribution in [0.5, 0.6) is 0 Å². The molecule has 1 atom stereocenters. The van der Waals surface area contributed by atoms with Gasteiger partial charge >= 0.3 is 6.09 Å².